The predicted molar refractivity (Wildman–Crippen MR) is 88.6 cm³/mol. The summed E-state index contributed by atoms with van der Waals surface area (Å²) in [4.78, 5) is 34.5. The minimum Gasteiger partial charge on any atom is -0.361 e. The topological polar surface area (TPSA) is 103 Å². The molecule has 4 N–H and O–H groups in total. The van der Waals surface area contributed by atoms with E-state index in [2.05, 4.69) is 25.6 Å². The molecule has 1 aliphatic heterocycles. The zero-order valence-corrected chi connectivity index (χ0v) is 12.7. The highest BCUT2D eigenvalue weighted by molar-refractivity contribution is 6.07. The second-order valence-corrected chi connectivity index (χ2v) is 5.64. The fourth-order valence-corrected chi connectivity index (χ4v) is 2.85. The smallest absolute Gasteiger partial charge is 0.268 e. The van der Waals surface area contributed by atoms with Crippen molar-refractivity contribution in [1.82, 2.24) is 25.6 Å². The van der Waals surface area contributed by atoms with E-state index in [1.165, 1.54) is 6.33 Å². The molecule has 0 spiro atoms. The van der Waals surface area contributed by atoms with Gasteiger partial charge in [-0.25, -0.2) is 4.98 Å². The van der Waals surface area contributed by atoms with E-state index >= 15 is 0 Å². The summed E-state index contributed by atoms with van der Waals surface area (Å²) >= 11 is 0. The van der Waals surface area contributed by atoms with Crippen molar-refractivity contribution >= 4 is 28.8 Å². The lowest BCUT2D eigenvalue weighted by Gasteiger charge is -2.24. The molecule has 3 heterocycles. The van der Waals surface area contributed by atoms with Gasteiger partial charge >= 0.3 is 0 Å². The number of hydrogen-bond acceptors (Lipinski definition) is 3. The van der Waals surface area contributed by atoms with E-state index in [9.17, 15) is 9.59 Å². The van der Waals surface area contributed by atoms with Crippen LogP contribution in [-0.4, -0.2) is 32.8 Å². The monoisotopic (exact) mass is 321 g/mol. The highest BCUT2D eigenvalue weighted by Gasteiger charge is 2.30. The number of amides is 2. The van der Waals surface area contributed by atoms with Gasteiger partial charge in [-0.1, -0.05) is 18.2 Å². The third-order valence-electron chi connectivity index (χ3n) is 4.04. The number of hydrogen-bond donors (Lipinski definition) is 4. The summed E-state index contributed by atoms with van der Waals surface area (Å²) in [5.41, 5.74) is 2.86. The van der Waals surface area contributed by atoms with Gasteiger partial charge in [0.15, 0.2) is 0 Å². The molecule has 0 bridgehead atoms. The Morgan fingerprint density at radius 2 is 2.04 bits per heavy atom. The molecule has 0 unspecified atom stereocenters. The number of nitrogens with one attached hydrogen (secondary N) is 4. The number of imidazole rings is 1. The molecule has 3 aromatic rings. The Labute approximate surface area is 137 Å². The highest BCUT2D eigenvalue weighted by Crippen LogP contribution is 2.20. The molecule has 0 saturated carbocycles. The number of carbonyl (C=O) groups excluding carboxylic acids is 2. The Bertz CT molecular complexity index is 939. The number of fused-ring (bicyclic) bond motifs is 1. The third-order valence-corrected chi connectivity index (χ3v) is 4.04. The van der Waals surface area contributed by atoms with Gasteiger partial charge in [0.05, 0.1) is 18.2 Å². The molecular weight excluding hydrogens is 306 g/mol. The number of nitrogens with zero attached hydrogens (tertiary/aromatic N) is 1. The Morgan fingerprint density at radius 3 is 2.88 bits per heavy atom. The Kier molecular flexibility index (Phi) is 3.38. The van der Waals surface area contributed by atoms with Crippen LogP contribution < -0.4 is 10.6 Å². The van der Waals surface area contributed by atoms with Gasteiger partial charge in [-0.15, -0.1) is 0 Å². The molecule has 7 nitrogen and oxygen atoms in total. The lowest BCUT2D eigenvalue weighted by atomic mass is 10.0. The molecule has 2 aromatic heterocycles. The first kappa shape index (κ1) is 14.3. The molecule has 0 radical (unpaired) electrons. The van der Waals surface area contributed by atoms with E-state index in [1.807, 2.05) is 30.5 Å². The van der Waals surface area contributed by atoms with E-state index in [0.717, 1.165) is 16.5 Å². The highest BCUT2D eigenvalue weighted by atomic mass is 16.2. The van der Waals surface area contributed by atoms with Gasteiger partial charge < -0.3 is 20.6 Å². The van der Waals surface area contributed by atoms with Crippen molar-refractivity contribution in [3.8, 4) is 0 Å². The zero-order valence-electron chi connectivity index (χ0n) is 12.7. The first-order valence-corrected chi connectivity index (χ1v) is 7.57. The van der Waals surface area contributed by atoms with Gasteiger partial charge in [-0.2, -0.15) is 0 Å². The lowest BCUT2D eigenvalue weighted by Crippen LogP contribution is -2.55. The first-order valence-electron chi connectivity index (χ1n) is 7.57. The fourth-order valence-electron chi connectivity index (χ4n) is 2.85. The summed E-state index contributed by atoms with van der Waals surface area (Å²) in [5.74, 6) is -0.542. The maximum absolute atomic E-state index is 12.3. The van der Waals surface area contributed by atoms with E-state index in [1.54, 1.807) is 12.3 Å². The Balaban J connectivity index is 1.54. The summed E-state index contributed by atoms with van der Waals surface area (Å²) in [5, 5.41) is 6.49. The van der Waals surface area contributed by atoms with Gasteiger partial charge in [-0.3, -0.25) is 9.59 Å². The van der Waals surface area contributed by atoms with Crippen LogP contribution in [0.4, 0.5) is 0 Å². The van der Waals surface area contributed by atoms with Crippen molar-refractivity contribution in [3.05, 3.63) is 59.9 Å². The number of piperazine rings is 1. The average Bonchev–Trinajstić information content (AvgIpc) is 3.22. The molecule has 120 valence electrons. The zero-order chi connectivity index (χ0) is 16.5. The van der Waals surface area contributed by atoms with Crippen LogP contribution in [0.1, 0.15) is 11.3 Å². The molecule has 7 heteroatoms. The molecule has 1 fully saturated rings. The number of carbonyl (C=O) groups is 2. The van der Waals surface area contributed by atoms with E-state index < -0.39 is 6.04 Å². The molecule has 2 amide bonds. The fraction of sp³-hybridized carbons (Fsp3) is 0.118. The number of rotatable bonds is 3. The van der Waals surface area contributed by atoms with Crippen molar-refractivity contribution in [1.29, 1.82) is 0 Å². The molecule has 0 aliphatic carbocycles. The molecular formula is C17H15N5O2. The van der Waals surface area contributed by atoms with Crippen molar-refractivity contribution in [2.24, 2.45) is 0 Å². The minimum atomic E-state index is -0.601. The van der Waals surface area contributed by atoms with Crippen LogP contribution >= 0.6 is 0 Å². The lowest BCUT2D eigenvalue weighted by molar-refractivity contribution is -0.131. The second-order valence-electron chi connectivity index (χ2n) is 5.64. The quantitative estimate of drug-likeness (QED) is 0.543. The van der Waals surface area contributed by atoms with E-state index in [0.29, 0.717) is 12.1 Å². The molecule has 4 rings (SSSR count). The molecule has 1 aliphatic rings. The standard InChI is InChI=1S/C17H15N5O2/c23-16-14(5-10-7-19-13-4-2-1-3-12(10)13)21-17(24)15(22-16)6-11-8-18-9-20-11/h1-4,6-9,14,19H,5H2,(H,18,20)(H,21,24)(H,22,23)/t14-/m0/s1. The van der Waals surface area contributed by atoms with Crippen LogP contribution in [0, 0.1) is 0 Å². The number of aromatic amines is 2. The average molecular weight is 321 g/mol. The minimum absolute atomic E-state index is 0.208. The Hall–Kier alpha value is -3.35. The number of H-pyrrole nitrogens is 2. The van der Waals surface area contributed by atoms with E-state index in [4.69, 9.17) is 0 Å². The molecule has 1 atom stereocenters. The van der Waals surface area contributed by atoms with Crippen LogP contribution in [-0.2, 0) is 16.0 Å². The largest absolute Gasteiger partial charge is 0.361 e. The summed E-state index contributed by atoms with van der Waals surface area (Å²) in [6.45, 7) is 0. The van der Waals surface area contributed by atoms with Crippen molar-refractivity contribution in [2.75, 3.05) is 0 Å². The SMILES string of the molecule is O=C1N[C@@H](Cc2c[nH]c3ccccc23)C(=O)NC1=Cc1cnc[nH]1. The predicted octanol–water partition coefficient (Wildman–Crippen LogP) is 1.09. The van der Waals surface area contributed by atoms with Crippen molar-refractivity contribution in [2.45, 2.75) is 12.5 Å². The normalized spacial score (nSPS) is 19.5. The van der Waals surface area contributed by atoms with Gasteiger partial charge in [0.1, 0.15) is 11.7 Å². The summed E-state index contributed by atoms with van der Waals surface area (Å²) in [7, 11) is 0. The number of aromatic nitrogens is 3. The maximum Gasteiger partial charge on any atom is 0.268 e. The van der Waals surface area contributed by atoms with Crippen LogP contribution in [0.2, 0.25) is 0 Å². The summed E-state index contributed by atoms with van der Waals surface area (Å²) in [6, 6.07) is 7.27. The third kappa shape index (κ3) is 2.56. The molecule has 1 saturated heterocycles. The van der Waals surface area contributed by atoms with Crippen LogP contribution in [0.3, 0.4) is 0 Å². The number of para-hydroxylation sites is 1. The van der Waals surface area contributed by atoms with Gasteiger partial charge in [0.2, 0.25) is 5.91 Å². The van der Waals surface area contributed by atoms with E-state index in [-0.39, 0.29) is 17.5 Å². The maximum atomic E-state index is 12.3. The van der Waals surface area contributed by atoms with Crippen molar-refractivity contribution < 1.29 is 9.59 Å². The van der Waals surface area contributed by atoms with Gasteiger partial charge in [0, 0.05) is 23.5 Å². The summed E-state index contributed by atoms with van der Waals surface area (Å²) < 4.78 is 0. The first-order chi connectivity index (χ1) is 11.7. The number of benzene rings is 1. The van der Waals surface area contributed by atoms with Crippen LogP contribution in [0.25, 0.3) is 17.0 Å². The summed E-state index contributed by atoms with van der Waals surface area (Å²) in [6.07, 6.45) is 6.94. The van der Waals surface area contributed by atoms with Crippen LogP contribution in [0.15, 0.2) is 48.7 Å². The molecule has 1 aromatic carbocycles. The molecule has 24 heavy (non-hydrogen) atoms. The van der Waals surface area contributed by atoms with Crippen molar-refractivity contribution in [3.63, 3.8) is 0 Å². The Morgan fingerprint density at radius 1 is 1.17 bits per heavy atom. The van der Waals surface area contributed by atoms with Crippen LogP contribution in [0.5, 0.6) is 0 Å². The van der Waals surface area contributed by atoms with Gasteiger partial charge in [0.25, 0.3) is 5.91 Å². The second kappa shape index (κ2) is 5.69. The van der Waals surface area contributed by atoms with Gasteiger partial charge in [-0.05, 0) is 17.7 Å².